The summed E-state index contributed by atoms with van der Waals surface area (Å²) in [6.07, 6.45) is 2.16. The van der Waals surface area contributed by atoms with Gasteiger partial charge in [-0.3, -0.25) is 4.79 Å². The van der Waals surface area contributed by atoms with Crippen LogP contribution in [0.5, 0.6) is 0 Å². The molecule has 1 aliphatic heterocycles. The Labute approximate surface area is 139 Å². The van der Waals surface area contributed by atoms with Crippen molar-refractivity contribution in [2.24, 2.45) is 0 Å². The van der Waals surface area contributed by atoms with Crippen LogP contribution in [-0.4, -0.2) is 30.3 Å². The van der Waals surface area contributed by atoms with Gasteiger partial charge in [0.1, 0.15) is 17.1 Å². The molecule has 1 atom stereocenters. The van der Waals surface area contributed by atoms with E-state index in [9.17, 15) is 9.18 Å². The maximum Gasteiger partial charge on any atom is 0.261 e. The fourth-order valence-corrected chi connectivity index (χ4v) is 2.77. The first-order valence-electron chi connectivity index (χ1n) is 7.94. The zero-order valence-corrected chi connectivity index (χ0v) is 13.7. The molecule has 7 heteroatoms. The Bertz CT molecular complexity index is 719. The number of amides is 1. The van der Waals surface area contributed by atoms with Crippen molar-refractivity contribution in [3.63, 3.8) is 0 Å². The summed E-state index contributed by atoms with van der Waals surface area (Å²) < 4.78 is 24.7. The van der Waals surface area contributed by atoms with Crippen molar-refractivity contribution in [2.75, 3.05) is 23.8 Å². The van der Waals surface area contributed by atoms with E-state index in [1.165, 1.54) is 6.07 Å². The van der Waals surface area contributed by atoms with Gasteiger partial charge in [-0.25, -0.2) is 4.39 Å². The number of nitrogens with one attached hydrogen (secondary N) is 2. The summed E-state index contributed by atoms with van der Waals surface area (Å²) in [5.41, 5.74) is 1.64. The molecule has 24 heavy (non-hydrogen) atoms. The van der Waals surface area contributed by atoms with Gasteiger partial charge in [0.05, 0.1) is 17.5 Å². The smallest absolute Gasteiger partial charge is 0.261 e. The third-order valence-electron chi connectivity index (χ3n) is 4.03. The largest absolute Gasteiger partial charge is 0.380 e. The van der Waals surface area contributed by atoms with E-state index in [4.69, 9.17) is 9.26 Å². The molecule has 0 spiro atoms. The highest BCUT2D eigenvalue weighted by atomic mass is 19.1. The van der Waals surface area contributed by atoms with Crippen molar-refractivity contribution >= 4 is 17.3 Å². The highest BCUT2D eigenvalue weighted by molar-refractivity contribution is 6.05. The lowest BCUT2D eigenvalue weighted by Gasteiger charge is -2.13. The van der Waals surface area contributed by atoms with E-state index in [-0.39, 0.29) is 12.0 Å². The predicted octanol–water partition coefficient (Wildman–Crippen LogP) is 3.27. The molecule has 0 saturated carbocycles. The second-order valence-corrected chi connectivity index (χ2v) is 5.86. The van der Waals surface area contributed by atoms with E-state index in [0.29, 0.717) is 34.9 Å². The summed E-state index contributed by atoms with van der Waals surface area (Å²) in [6, 6.07) is 4.54. The van der Waals surface area contributed by atoms with Gasteiger partial charge in [-0.15, -0.1) is 0 Å². The maximum absolute atomic E-state index is 14.2. The van der Waals surface area contributed by atoms with Crippen molar-refractivity contribution < 1.29 is 18.4 Å². The Morgan fingerprint density at radius 2 is 2.25 bits per heavy atom. The minimum Gasteiger partial charge on any atom is -0.380 e. The lowest BCUT2D eigenvalue weighted by molar-refractivity contribution is 0.102. The van der Waals surface area contributed by atoms with Crippen molar-refractivity contribution in [2.45, 2.75) is 32.8 Å². The van der Waals surface area contributed by atoms with E-state index < -0.39 is 5.82 Å². The molecule has 0 unspecified atom stereocenters. The van der Waals surface area contributed by atoms with Gasteiger partial charge in [0.2, 0.25) is 0 Å². The number of hydrogen-bond donors (Lipinski definition) is 2. The van der Waals surface area contributed by atoms with Gasteiger partial charge in [0, 0.05) is 18.8 Å². The number of carbonyl (C=O) groups is 1. The Morgan fingerprint density at radius 1 is 1.42 bits per heavy atom. The van der Waals surface area contributed by atoms with Crippen molar-refractivity contribution in [1.82, 2.24) is 5.16 Å². The minimum atomic E-state index is -0.426. The number of nitrogens with zero attached hydrogens (tertiary/aromatic N) is 1. The van der Waals surface area contributed by atoms with Gasteiger partial charge >= 0.3 is 0 Å². The van der Waals surface area contributed by atoms with Gasteiger partial charge in [-0.1, -0.05) is 5.16 Å². The third-order valence-corrected chi connectivity index (χ3v) is 4.03. The summed E-state index contributed by atoms with van der Waals surface area (Å²) in [4.78, 5) is 12.2. The fraction of sp³-hybridized carbons (Fsp3) is 0.412. The average Bonchev–Trinajstić information content (AvgIpc) is 3.16. The summed E-state index contributed by atoms with van der Waals surface area (Å²) in [5.74, 6) is -0.365. The van der Waals surface area contributed by atoms with Gasteiger partial charge < -0.3 is 19.9 Å². The van der Waals surface area contributed by atoms with Crippen LogP contribution in [0.25, 0.3) is 0 Å². The molecule has 1 saturated heterocycles. The molecule has 1 aromatic carbocycles. The quantitative estimate of drug-likeness (QED) is 0.878. The number of aryl methyl sites for hydroxylation is 2. The molecule has 1 aliphatic rings. The van der Waals surface area contributed by atoms with Crippen LogP contribution in [-0.2, 0) is 4.74 Å². The molecule has 0 aliphatic carbocycles. The van der Waals surface area contributed by atoms with Crippen LogP contribution in [0.15, 0.2) is 22.7 Å². The Balaban J connectivity index is 1.64. The fourth-order valence-electron chi connectivity index (χ4n) is 2.77. The number of anilines is 2. The van der Waals surface area contributed by atoms with Crippen LogP contribution >= 0.6 is 0 Å². The van der Waals surface area contributed by atoms with Gasteiger partial charge in [-0.05, 0) is 44.9 Å². The number of benzene rings is 1. The molecule has 1 fully saturated rings. The Hall–Kier alpha value is -2.41. The number of ether oxygens (including phenoxy) is 1. The van der Waals surface area contributed by atoms with E-state index in [0.717, 1.165) is 19.4 Å². The molecule has 0 bridgehead atoms. The first-order chi connectivity index (χ1) is 11.5. The molecule has 3 rings (SSSR count). The van der Waals surface area contributed by atoms with Crippen LogP contribution in [0.3, 0.4) is 0 Å². The van der Waals surface area contributed by atoms with E-state index in [1.54, 1.807) is 26.0 Å². The molecule has 2 heterocycles. The summed E-state index contributed by atoms with van der Waals surface area (Å²) in [5, 5.41) is 9.44. The van der Waals surface area contributed by atoms with Crippen LogP contribution in [0.1, 0.15) is 34.7 Å². The number of aromatic nitrogens is 1. The van der Waals surface area contributed by atoms with Crippen LogP contribution in [0.2, 0.25) is 0 Å². The van der Waals surface area contributed by atoms with E-state index in [2.05, 4.69) is 15.8 Å². The second kappa shape index (κ2) is 7.00. The molecule has 6 nitrogen and oxygen atoms in total. The molecular formula is C17H20FN3O3. The highest BCUT2D eigenvalue weighted by Crippen LogP contribution is 2.22. The zero-order valence-electron chi connectivity index (χ0n) is 13.7. The molecule has 1 amide bonds. The molecule has 2 aromatic rings. The molecule has 1 aromatic heterocycles. The Morgan fingerprint density at radius 3 is 2.88 bits per heavy atom. The standard InChI is InChI=1S/C17H20FN3O3/c1-10-16(11(2)24-21-10)17(22)20-12-5-6-15(14(18)8-12)19-9-13-4-3-7-23-13/h5-6,8,13,19H,3-4,7,9H2,1-2H3,(H,20,22)/t13-/m0/s1. The monoisotopic (exact) mass is 333 g/mol. The summed E-state index contributed by atoms with van der Waals surface area (Å²) in [6.45, 7) is 4.68. The first-order valence-corrected chi connectivity index (χ1v) is 7.94. The van der Waals surface area contributed by atoms with E-state index >= 15 is 0 Å². The van der Waals surface area contributed by atoms with Crippen LogP contribution in [0, 0.1) is 19.7 Å². The van der Waals surface area contributed by atoms with Crippen LogP contribution in [0.4, 0.5) is 15.8 Å². The van der Waals surface area contributed by atoms with Gasteiger partial charge in [0.25, 0.3) is 5.91 Å². The lowest BCUT2D eigenvalue weighted by atomic mass is 10.2. The maximum atomic E-state index is 14.2. The lowest BCUT2D eigenvalue weighted by Crippen LogP contribution is -2.19. The van der Waals surface area contributed by atoms with Crippen LogP contribution < -0.4 is 10.6 Å². The second-order valence-electron chi connectivity index (χ2n) is 5.86. The SMILES string of the molecule is Cc1noc(C)c1C(=O)Nc1ccc(NC[C@@H]2CCCO2)c(F)c1. The summed E-state index contributed by atoms with van der Waals surface area (Å²) >= 11 is 0. The van der Waals surface area contributed by atoms with Crippen molar-refractivity contribution in [3.05, 3.63) is 41.0 Å². The number of rotatable bonds is 5. The Kier molecular flexibility index (Phi) is 4.80. The van der Waals surface area contributed by atoms with E-state index in [1.807, 2.05) is 0 Å². The molecule has 2 N–H and O–H groups in total. The first kappa shape index (κ1) is 16.4. The topological polar surface area (TPSA) is 76.4 Å². The molecule has 128 valence electrons. The predicted molar refractivity (Wildman–Crippen MR) is 87.8 cm³/mol. The number of hydrogen-bond acceptors (Lipinski definition) is 5. The number of halogens is 1. The van der Waals surface area contributed by atoms with Crippen molar-refractivity contribution in [3.8, 4) is 0 Å². The number of carbonyl (C=O) groups excluding carboxylic acids is 1. The van der Waals surface area contributed by atoms with Gasteiger partial charge in [-0.2, -0.15) is 0 Å². The zero-order chi connectivity index (χ0) is 17.1. The highest BCUT2D eigenvalue weighted by Gasteiger charge is 2.18. The molecular weight excluding hydrogens is 313 g/mol. The minimum absolute atomic E-state index is 0.128. The van der Waals surface area contributed by atoms with Gasteiger partial charge in [0.15, 0.2) is 0 Å². The molecule has 0 radical (unpaired) electrons. The average molecular weight is 333 g/mol. The third kappa shape index (κ3) is 3.56. The summed E-state index contributed by atoms with van der Waals surface area (Å²) in [7, 11) is 0. The van der Waals surface area contributed by atoms with Crippen molar-refractivity contribution in [1.29, 1.82) is 0 Å². The normalized spacial score (nSPS) is 17.0.